The van der Waals surface area contributed by atoms with Gasteiger partial charge in [-0.1, -0.05) is 36.0 Å². The minimum absolute atomic E-state index is 0.0364. The van der Waals surface area contributed by atoms with Crippen LogP contribution >= 0.6 is 23.1 Å². The van der Waals surface area contributed by atoms with Crippen LogP contribution in [0.2, 0.25) is 0 Å². The molecule has 3 aromatic rings. The standard InChI is InChI=1S/C24H25N3O4S2/c1-14(2)12-27-22(29)20-16-9-5-7-11-18(16)33-21(20)26-24(27)32-13-19(28)25-17-10-6-4-8-15(17)23(30)31-3/h4,6,8,10H,1,5,7,9,11-13H2,2-3H3,(H,25,28). The monoisotopic (exact) mass is 483 g/mol. The van der Waals surface area contributed by atoms with E-state index in [1.165, 1.54) is 23.7 Å². The first-order valence-corrected chi connectivity index (χ1v) is 12.5. The number of thioether (sulfide) groups is 1. The van der Waals surface area contributed by atoms with Crippen molar-refractivity contribution >= 4 is 50.9 Å². The maximum Gasteiger partial charge on any atom is 0.339 e. The Morgan fingerprint density at radius 1 is 1.27 bits per heavy atom. The molecule has 0 fully saturated rings. The molecule has 33 heavy (non-hydrogen) atoms. The lowest BCUT2D eigenvalue weighted by Crippen LogP contribution is -2.25. The Labute approximate surface area is 199 Å². The number of esters is 1. The summed E-state index contributed by atoms with van der Waals surface area (Å²) in [6.45, 7) is 6.17. The second kappa shape index (κ2) is 9.93. The SMILES string of the molecule is C=C(C)Cn1c(SCC(=O)Nc2ccccc2C(=O)OC)nc2sc3c(c2c1=O)CCCC3. The second-order valence-corrected chi connectivity index (χ2v) is 10.0. The number of carbonyl (C=O) groups is 2. The van der Waals surface area contributed by atoms with E-state index in [4.69, 9.17) is 9.72 Å². The zero-order valence-corrected chi connectivity index (χ0v) is 20.2. The van der Waals surface area contributed by atoms with E-state index in [0.717, 1.165) is 47.0 Å². The molecule has 1 N–H and O–H groups in total. The van der Waals surface area contributed by atoms with Gasteiger partial charge < -0.3 is 10.1 Å². The van der Waals surface area contributed by atoms with Crippen molar-refractivity contribution < 1.29 is 14.3 Å². The van der Waals surface area contributed by atoms with Crippen LogP contribution < -0.4 is 10.9 Å². The van der Waals surface area contributed by atoms with Crippen molar-refractivity contribution in [1.29, 1.82) is 0 Å². The topological polar surface area (TPSA) is 90.3 Å². The van der Waals surface area contributed by atoms with Gasteiger partial charge in [-0.15, -0.1) is 11.3 Å². The fourth-order valence-corrected chi connectivity index (χ4v) is 6.04. The van der Waals surface area contributed by atoms with Crippen molar-refractivity contribution in [2.45, 2.75) is 44.3 Å². The lowest BCUT2D eigenvalue weighted by atomic mass is 9.97. The molecular weight excluding hydrogens is 458 g/mol. The Bertz CT molecular complexity index is 1310. The molecule has 0 saturated heterocycles. The van der Waals surface area contributed by atoms with Gasteiger partial charge in [0, 0.05) is 11.4 Å². The number of carbonyl (C=O) groups excluding carboxylic acids is 2. The van der Waals surface area contributed by atoms with Crippen LogP contribution in [0.15, 0.2) is 46.4 Å². The number of nitrogens with one attached hydrogen (secondary N) is 1. The van der Waals surface area contributed by atoms with Crippen LogP contribution in [0.4, 0.5) is 5.69 Å². The lowest BCUT2D eigenvalue weighted by molar-refractivity contribution is -0.113. The molecule has 0 radical (unpaired) electrons. The maximum absolute atomic E-state index is 13.4. The van der Waals surface area contributed by atoms with Crippen molar-refractivity contribution in [3.05, 3.63) is 62.8 Å². The van der Waals surface area contributed by atoms with Crippen LogP contribution in [0.25, 0.3) is 10.2 Å². The molecular formula is C24H25N3O4S2. The quantitative estimate of drug-likeness (QED) is 0.231. The predicted molar refractivity (Wildman–Crippen MR) is 132 cm³/mol. The summed E-state index contributed by atoms with van der Waals surface area (Å²) in [5.74, 6) is -0.796. The average molecular weight is 484 g/mol. The summed E-state index contributed by atoms with van der Waals surface area (Å²) in [5, 5.41) is 3.97. The van der Waals surface area contributed by atoms with E-state index < -0.39 is 5.97 Å². The number of benzene rings is 1. The van der Waals surface area contributed by atoms with Gasteiger partial charge in [-0.25, -0.2) is 9.78 Å². The number of rotatable bonds is 7. The molecule has 0 spiro atoms. The number of aromatic nitrogens is 2. The van der Waals surface area contributed by atoms with Gasteiger partial charge in [0.25, 0.3) is 5.56 Å². The molecule has 9 heteroatoms. The summed E-state index contributed by atoms with van der Waals surface area (Å²) in [4.78, 5) is 44.8. The summed E-state index contributed by atoms with van der Waals surface area (Å²) in [6.07, 6.45) is 4.12. The molecule has 1 amide bonds. The van der Waals surface area contributed by atoms with Crippen LogP contribution in [0.5, 0.6) is 0 Å². The Morgan fingerprint density at radius 2 is 2.03 bits per heavy atom. The van der Waals surface area contributed by atoms with E-state index in [2.05, 4.69) is 11.9 Å². The molecule has 0 bridgehead atoms. The van der Waals surface area contributed by atoms with Gasteiger partial charge in [-0.3, -0.25) is 14.2 Å². The highest BCUT2D eigenvalue weighted by Gasteiger charge is 2.23. The largest absolute Gasteiger partial charge is 0.465 e. The van der Waals surface area contributed by atoms with Crippen molar-refractivity contribution in [3.63, 3.8) is 0 Å². The highest BCUT2D eigenvalue weighted by Crippen LogP contribution is 2.34. The zero-order valence-electron chi connectivity index (χ0n) is 18.6. The Balaban J connectivity index is 1.61. The van der Waals surface area contributed by atoms with Gasteiger partial charge in [0.1, 0.15) is 4.83 Å². The molecule has 0 saturated carbocycles. The maximum atomic E-state index is 13.4. The van der Waals surface area contributed by atoms with Gasteiger partial charge in [-0.2, -0.15) is 0 Å². The van der Waals surface area contributed by atoms with E-state index in [0.29, 0.717) is 17.4 Å². The Hall–Kier alpha value is -2.91. The molecule has 0 unspecified atom stereocenters. The Kier molecular flexibility index (Phi) is 6.99. The van der Waals surface area contributed by atoms with E-state index in [1.54, 1.807) is 40.2 Å². The molecule has 7 nitrogen and oxygen atoms in total. The van der Waals surface area contributed by atoms with Gasteiger partial charge in [0.2, 0.25) is 5.91 Å². The molecule has 1 aliphatic carbocycles. The number of allylic oxidation sites excluding steroid dienone is 1. The number of aryl methyl sites for hydroxylation is 2. The summed E-state index contributed by atoms with van der Waals surface area (Å²) < 4.78 is 6.40. The number of nitrogens with zero attached hydrogens (tertiary/aromatic N) is 2. The molecule has 1 aromatic carbocycles. The number of para-hydroxylation sites is 1. The fraction of sp³-hybridized carbons (Fsp3) is 0.333. The summed E-state index contributed by atoms with van der Waals surface area (Å²) in [5.41, 5.74) is 2.56. The summed E-state index contributed by atoms with van der Waals surface area (Å²) in [6, 6.07) is 6.67. The number of ether oxygens (including phenoxy) is 1. The first kappa shape index (κ1) is 23.3. The minimum atomic E-state index is -0.525. The third-order valence-corrected chi connectivity index (χ3v) is 7.57. The molecule has 0 atom stereocenters. The van der Waals surface area contributed by atoms with E-state index in [-0.39, 0.29) is 22.8 Å². The van der Waals surface area contributed by atoms with Gasteiger partial charge >= 0.3 is 5.97 Å². The van der Waals surface area contributed by atoms with E-state index in [1.807, 2.05) is 6.92 Å². The number of methoxy groups -OCH3 is 1. The minimum Gasteiger partial charge on any atom is -0.465 e. The number of amides is 1. The molecule has 2 heterocycles. The van der Waals surface area contributed by atoms with Crippen molar-refractivity contribution in [2.75, 3.05) is 18.2 Å². The van der Waals surface area contributed by atoms with Crippen molar-refractivity contribution in [3.8, 4) is 0 Å². The van der Waals surface area contributed by atoms with Gasteiger partial charge in [0.05, 0.1) is 29.5 Å². The van der Waals surface area contributed by atoms with Gasteiger partial charge in [-0.05, 0) is 50.3 Å². The van der Waals surface area contributed by atoms with E-state index in [9.17, 15) is 14.4 Å². The highest BCUT2D eigenvalue weighted by molar-refractivity contribution is 7.99. The fourth-order valence-electron chi connectivity index (χ4n) is 3.94. The highest BCUT2D eigenvalue weighted by atomic mass is 32.2. The van der Waals surface area contributed by atoms with Crippen molar-refractivity contribution in [1.82, 2.24) is 9.55 Å². The molecule has 4 rings (SSSR count). The average Bonchev–Trinajstić information content (AvgIpc) is 3.18. The third kappa shape index (κ3) is 4.89. The zero-order chi connectivity index (χ0) is 23.5. The van der Waals surface area contributed by atoms with Crippen LogP contribution in [0.1, 0.15) is 40.6 Å². The van der Waals surface area contributed by atoms with E-state index >= 15 is 0 Å². The summed E-state index contributed by atoms with van der Waals surface area (Å²) in [7, 11) is 1.29. The first-order chi connectivity index (χ1) is 15.9. The third-order valence-electron chi connectivity index (χ3n) is 5.41. The number of thiophene rings is 1. The lowest BCUT2D eigenvalue weighted by Gasteiger charge is -2.14. The number of anilines is 1. The van der Waals surface area contributed by atoms with Crippen LogP contribution in [-0.2, 0) is 28.9 Å². The molecule has 2 aromatic heterocycles. The van der Waals surface area contributed by atoms with Crippen LogP contribution in [0, 0.1) is 0 Å². The molecule has 172 valence electrons. The normalized spacial score (nSPS) is 12.9. The number of hydrogen-bond donors (Lipinski definition) is 1. The Morgan fingerprint density at radius 3 is 2.79 bits per heavy atom. The van der Waals surface area contributed by atoms with Crippen molar-refractivity contribution in [2.24, 2.45) is 0 Å². The second-order valence-electron chi connectivity index (χ2n) is 8.01. The van der Waals surface area contributed by atoms with Gasteiger partial charge in [0.15, 0.2) is 5.16 Å². The number of fused-ring (bicyclic) bond motifs is 3. The van der Waals surface area contributed by atoms with Crippen LogP contribution in [-0.4, -0.2) is 34.3 Å². The predicted octanol–water partition coefficient (Wildman–Crippen LogP) is 4.43. The number of hydrogen-bond acceptors (Lipinski definition) is 7. The summed E-state index contributed by atoms with van der Waals surface area (Å²) >= 11 is 2.79. The molecule has 1 aliphatic rings. The smallest absolute Gasteiger partial charge is 0.339 e. The molecule has 0 aliphatic heterocycles. The van der Waals surface area contributed by atoms with Crippen LogP contribution in [0.3, 0.4) is 0 Å². The first-order valence-electron chi connectivity index (χ1n) is 10.7.